The van der Waals surface area contributed by atoms with Gasteiger partial charge in [0.2, 0.25) is 0 Å². The van der Waals surface area contributed by atoms with Gasteiger partial charge in [-0.1, -0.05) is 36.8 Å². The lowest BCUT2D eigenvalue weighted by molar-refractivity contribution is 0.0601. The highest BCUT2D eigenvalue weighted by molar-refractivity contribution is 7.80. The van der Waals surface area contributed by atoms with Gasteiger partial charge in [-0.3, -0.25) is 4.68 Å². The van der Waals surface area contributed by atoms with Crippen molar-refractivity contribution in [1.29, 1.82) is 0 Å². The second kappa shape index (κ2) is 9.19. The SMILES string of the molecule is CCc1c(C)sc(NC(=S)Nc2cnn(Cc3ccc(C)cc3)c2)c1C(=O)OC. The molecule has 0 saturated heterocycles. The van der Waals surface area contributed by atoms with Gasteiger partial charge >= 0.3 is 5.97 Å². The zero-order valence-corrected chi connectivity index (χ0v) is 18.5. The number of methoxy groups -OCH3 is 1. The van der Waals surface area contributed by atoms with E-state index < -0.39 is 0 Å². The predicted octanol–water partition coefficient (Wildman–Crippen LogP) is 4.77. The Hall–Kier alpha value is -2.71. The van der Waals surface area contributed by atoms with Crippen molar-refractivity contribution in [3.8, 4) is 0 Å². The molecule has 0 spiro atoms. The Bertz CT molecular complexity index is 1020. The topological polar surface area (TPSA) is 68.2 Å². The molecule has 3 rings (SSSR count). The van der Waals surface area contributed by atoms with Crippen LogP contribution < -0.4 is 10.6 Å². The van der Waals surface area contributed by atoms with E-state index in [9.17, 15) is 4.79 Å². The largest absolute Gasteiger partial charge is 0.465 e. The number of thiocarbonyl (C=S) groups is 1. The lowest BCUT2D eigenvalue weighted by atomic mass is 10.1. The minimum Gasteiger partial charge on any atom is -0.465 e. The molecular weight excluding hydrogens is 404 g/mol. The Morgan fingerprint density at radius 2 is 1.97 bits per heavy atom. The van der Waals surface area contributed by atoms with Gasteiger partial charge in [-0.05, 0) is 43.6 Å². The Kier molecular flexibility index (Phi) is 6.66. The number of aryl methyl sites for hydroxylation is 2. The predicted molar refractivity (Wildman–Crippen MR) is 122 cm³/mol. The maximum atomic E-state index is 12.2. The van der Waals surface area contributed by atoms with Crippen LogP contribution in [-0.4, -0.2) is 28.0 Å². The van der Waals surface area contributed by atoms with Crippen LogP contribution in [0, 0.1) is 13.8 Å². The van der Waals surface area contributed by atoms with Gasteiger partial charge in [0, 0.05) is 11.1 Å². The minimum atomic E-state index is -0.359. The van der Waals surface area contributed by atoms with Crippen molar-refractivity contribution in [1.82, 2.24) is 9.78 Å². The van der Waals surface area contributed by atoms with E-state index >= 15 is 0 Å². The van der Waals surface area contributed by atoms with Crippen molar-refractivity contribution >= 4 is 45.3 Å². The summed E-state index contributed by atoms with van der Waals surface area (Å²) in [6.45, 7) is 6.76. The molecule has 1 aromatic carbocycles. The molecular formula is C21H24N4O2S2. The van der Waals surface area contributed by atoms with E-state index in [-0.39, 0.29) is 5.97 Å². The van der Waals surface area contributed by atoms with Gasteiger partial charge in [0.1, 0.15) is 5.00 Å². The first-order chi connectivity index (χ1) is 13.9. The van der Waals surface area contributed by atoms with Crippen molar-refractivity contribution in [3.63, 3.8) is 0 Å². The maximum absolute atomic E-state index is 12.2. The second-order valence-corrected chi connectivity index (χ2v) is 8.31. The molecule has 2 aromatic heterocycles. The monoisotopic (exact) mass is 428 g/mol. The zero-order chi connectivity index (χ0) is 21.0. The van der Waals surface area contributed by atoms with E-state index in [0.717, 1.165) is 22.5 Å². The molecule has 152 valence electrons. The van der Waals surface area contributed by atoms with Gasteiger partial charge in [0.15, 0.2) is 5.11 Å². The number of nitrogens with zero attached hydrogens (tertiary/aromatic N) is 2. The third-order valence-electron chi connectivity index (χ3n) is 4.54. The van der Waals surface area contributed by atoms with Crippen molar-refractivity contribution in [2.75, 3.05) is 17.7 Å². The van der Waals surface area contributed by atoms with E-state index in [0.29, 0.717) is 22.2 Å². The summed E-state index contributed by atoms with van der Waals surface area (Å²) in [4.78, 5) is 13.3. The molecule has 3 aromatic rings. The molecule has 0 atom stereocenters. The number of nitrogens with one attached hydrogen (secondary N) is 2. The molecule has 29 heavy (non-hydrogen) atoms. The number of thiophene rings is 1. The first kappa shape index (κ1) is 21.0. The summed E-state index contributed by atoms with van der Waals surface area (Å²) in [6, 6.07) is 8.36. The smallest absolute Gasteiger partial charge is 0.341 e. The van der Waals surface area contributed by atoms with Crippen molar-refractivity contribution in [2.24, 2.45) is 0 Å². The molecule has 0 fully saturated rings. The van der Waals surface area contributed by atoms with Gasteiger partial charge in [0.25, 0.3) is 0 Å². The number of hydrogen-bond donors (Lipinski definition) is 2. The summed E-state index contributed by atoms with van der Waals surface area (Å²) in [7, 11) is 1.39. The zero-order valence-electron chi connectivity index (χ0n) is 16.9. The minimum absolute atomic E-state index is 0.359. The van der Waals surface area contributed by atoms with Crippen LogP contribution in [0.15, 0.2) is 36.7 Å². The molecule has 0 aliphatic rings. The molecule has 0 bridgehead atoms. The number of carbonyl (C=O) groups is 1. The van der Waals surface area contributed by atoms with E-state index in [1.54, 1.807) is 6.20 Å². The molecule has 0 saturated carbocycles. The molecule has 8 heteroatoms. The summed E-state index contributed by atoms with van der Waals surface area (Å²) >= 11 is 6.93. The highest BCUT2D eigenvalue weighted by atomic mass is 32.1. The highest BCUT2D eigenvalue weighted by Crippen LogP contribution is 2.34. The van der Waals surface area contributed by atoms with Gasteiger partial charge in [-0.15, -0.1) is 11.3 Å². The molecule has 0 aliphatic heterocycles. The van der Waals surface area contributed by atoms with Crippen LogP contribution in [0.25, 0.3) is 0 Å². The first-order valence-corrected chi connectivity index (χ1v) is 10.5. The molecule has 0 aliphatic carbocycles. The number of aromatic nitrogens is 2. The number of esters is 1. The maximum Gasteiger partial charge on any atom is 0.341 e. The van der Waals surface area contributed by atoms with Gasteiger partial charge < -0.3 is 15.4 Å². The number of hydrogen-bond acceptors (Lipinski definition) is 5. The van der Waals surface area contributed by atoms with E-state index in [4.69, 9.17) is 17.0 Å². The van der Waals surface area contributed by atoms with Crippen molar-refractivity contribution in [3.05, 3.63) is 63.8 Å². The summed E-state index contributed by atoms with van der Waals surface area (Å²) < 4.78 is 6.80. The van der Waals surface area contributed by atoms with Crippen LogP contribution in [-0.2, 0) is 17.7 Å². The molecule has 0 radical (unpaired) electrons. The van der Waals surface area contributed by atoms with Crippen LogP contribution in [0.2, 0.25) is 0 Å². The number of benzene rings is 1. The van der Waals surface area contributed by atoms with Crippen molar-refractivity contribution < 1.29 is 9.53 Å². The lowest BCUT2D eigenvalue weighted by Crippen LogP contribution is -2.20. The quantitative estimate of drug-likeness (QED) is 0.436. The Morgan fingerprint density at radius 1 is 1.24 bits per heavy atom. The van der Waals surface area contributed by atoms with Gasteiger partial charge in [-0.2, -0.15) is 5.10 Å². The Labute approximate surface area is 179 Å². The average molecular weight is 429 g/mol. The fraction of sp³-hybridized carbons (Fsp3) is 0.286. The fourth-order valence-electron chi connectivity index (χ4n) is 3.07. The summed E-state index contributed by atoms with van der Waals surface area (Å²) in [6.07, 6.45) is 4.37. The molecule has 0 unspecified atom stereocenters. The molecule has 6 nitrogen and oxygen atoms in total. The van der Waals surface area contributed by atoms with Crippen LogP contribution in [0.1, 0.15) is 38.8 Å². The van der Waals surface area contributed by atoms with E-state index in [1.807, 2.05) is 24.7 Å². The van der Waals surface area contributed by atoms with Crippen LogP contribution >= 0.6 is 23.6 Å². The molecule has 0 amide bonds. The third-order valence-corrected chi connectivity index (χ3v) is 5.80. The summed E-state index contributed by atoms with van der Waals surface area (Å²) in [5.74, 6) is -0.359. The standard InChI is InChI=1S/C21H24N4O2S2/c1-5-17-14(3)29-19(18(17)20(26)27-4)24-21(28)23-16-10-22-25(12-16)11-15-8-6-13(2)7-9-15/h6-10,12H,5,11H2,1-4H3,(H2,23,24,28). The average Bonchev–Trinajstić information content (AvgIpc) is 3.25. The number of rotatable bonds is 6. The first-order valence-electron chi connectivity index (χ1n) is 9.27. The summed E-state index contributed by atoms with van der Waals surface area (Å²) in [5, 5.41) is 11.7. The van der Waals surface area contributed by atoms with Crippen molar-refractivity contribution in [2.45, 2.75) is 33.7 Å². The van der Waals surface area contributed by atoms with Crippen LogP contribution in [0.5, 0.6) is 0 Å². The van der Waals surface area contributed by atoms with Crippen LogP contribution in [0.3, 0.4) is 0 Å². The lowest BCUT2D eigenvalue weighted by Gasteiger charge is -2.09. The van der Waals surface area contributed by atoms with Crippen LogP contribution in [0.4, 0.5) is 10.7 Å². The number of carbonyl (C=O) groups excluding carboxylic acids is 1. The summed E-state index contributed by atoms with van der Waals surface area (Å²) in [5.41, 5.74) is 4.72. The number of ether oxygens (including phenoxy) is 1. The second-order valence-electron chi connectivity index (χ2n) is 6.68. The van der Waals surface area contributed by atoms with Gasteiger partial charge in [-0.25, -0.2) is 4.79 Å². The molecule has 2 heterocycles. The normalized spacial score (nSPS) is 10.6. The Balaban J connectivity index is 1.68. The molecule has 2 N–H and O–H groups in total. The van der Waals surface area contributed by atoms with E-state index in [2.05, 4.69) is 46.9 Å². The van der Waals surface area contributed by atoms with Gasteiger partial charge in [0.05, 0.1) is 31.1 Å². The highest BCUT2D eigenvalue weighted by Gasteiger charge is 2.22. The third kappa shape index (κ3) is 5.02. The fourth-order valence-corrected chi connectivity index (χ4v) is 4.49. The van der Waals surface area contributed by atoms with E-state index in [1.165, 1.54) is 29.6 Å². The number of anilines is 2. The Morgan fingerprint density at radius 3 is 2.62 bits per heavy atom.